The van der Waals surface area contributed by atoms with Crippen molar-refractivity contribution in [3.05, 3.63) is 42.5 Å². The fraction of sp³-hybridized carbons (Fsp3) is 0.273. The highest BCUT2D eigenvalue weighted by molar-refractivity contribution is 5.21. The van der Waals surface area contributed by atoms with Crippen molar-refractivity contribution in [2.45, 2.75) is 0 Å². The Labute approximate surface area is 79.2 Å². The van der Waals surface area contributed by atoms with Crippen LogP contribution < -0.4 is 10.1 Å². The fourth-order valence-electron chi connectivity index (χ4n) is 0.930. The van der Waals surface area contributed by atoms with Gasteiger partial charge in [0.15, 0.2) is 0 Å². The van der Waals surface area contributed by atoms with E-state index in [1.54, 1.807) is 0 Å². The number of nitrogens with one attached hydrogen (secondary N) is 1. The number of para-hydroxylation sites is 1. The Bertz CT molecular complexity index is 244. The Kier molecular flexibility index (Phi) is 4.72. The molecule has 70 valence electrons. The van der Waals surface area contributed by atoms with Gasteiger partial charge in [-0.25, -0.2) is 0 Å². The van der Waals surface area contributed by atoms with Gasteiger partial charge in [-0.05, 0) is 19.2 Å². The molecule has 0 aliphatic carbocycles. The summed E-state index contributed by atoms with van der Waals surface area (Å²) in [6.45, 7) is 1.52. The van der Waals surface area contributed by atoms with E-state index in [0.29, 0.717) is 6.61 Å². The van der Waals surface area contributed by atoms with Crippen LogP contribution in [-0.2, 0) is 0 Å². The van der Waals surface area contributed by atoms with Gasteiger partial charge < -0.3 is 10.1 Å². The van der Waals surface area contributed by atoms with Gasteiger partial charge in [-0.2, -0.15) is 0 Å². The largest absolute Gasteiger partial charge is 0.490 e. The molecule has 2 heteroatoms. The lowest BCUT2D eigenvalue weighted by atomic mass is 10.3. The molecule has 0 aromatic heterocycles. The zero-order chi connectivity index (χ0) is 9.36. The maximum Gasteiger partial charge on any atom is 0.119 e. The topological polar surface area (TPSA) is 21.3 Å². The van der Waals surface area contributed by atoms with E-state index in [0.717, 1.165) is 12.3 Å². The van der Waals surface area contributed by atoms with E-state index in [1.165, 1.54) is 0 Å². The molecule has 0 fully saturated rings. The lowest BCUT2D eigenvalue weighted by Crippen LogP contribution is -2.04. The Balaban J connectivity index is 2.20. The van der Waals surface area contributed by atoms with Gasteiger partial charge >= 0.3 is 0 Å². The van der Waals surface area contributed by atoms with Crippen LogP contribution in [0.3, 0.4) is 0 Å². The van der Waals surface area contributed by atoms with Crippen LogP contribution in [0.2, 0.25) is 0 Å². The number of likely N-dealkylation sites (N-methyl/N-ethyl adjacent to an activating group) is 1. The van der Waals surface area contributed by atoms with Gasteiger partial charge in [0.2, 0.25) is 0 Å². The maximum atomic E-state index is 5.44. The third kappa shape index (κ3) is 4.33. The monoisotopic (exact) mass is 177 g/mol. The summed E-state index contributed by atoms with van der Waals surface area (Å²) in [6, 6.07) is 9.81. The van der Waals surface area contributed by atoms with Crippen LogP contribution in [-0.4, -0.2) is 20.2 Å². The first-order chi connectivity index (χ1) is 6.43. The van der Waals surface area contributed by atoms with Crippen LogP contribution >= 0.6 is 0 Å². The molecule has 1 aromatic rings. The van der Waals surface area contributed by atoms with Crippen molar-refractivity contribution >= 4 is 0 Å². The highest BCUT2D eigenvalue weighted by Gasteiger charge is 1.86. The molecule has 1 aromatic carbocycles. The summed E-state index contributed by atoms with van der Waals surface area (Å²) in [6.07, 6.45) is 4.05. The van der Waals surface area contributed by atoms with Crippen LogP contribution in [0.15, 0.2) is 42.5 Å². The van der Waals surface area contributed by atoms with Gasteiger partial charge in [0.05, 0.1) is 0 Å². The number of benzene rings is 1. The molecule has 0 aliphatic heterocycles. The summed E-state index contributed by atoms with van der Waals surface area (Å²) in [5, 5.41) is 3.02. The summed E-state index contributed by atoms with van der Waals surface area (Å²) < 4.78 is 5.44. The first kappa shape index (κ1) is 9.81. The van der Waals surface area contributed by atoms with Gasteiger partial charge in [-0.15, -0.1) is 0 Å². The molecule has 0 amide bonds. The molecule has 0 radical (unpaired) electrons. The van der Waals surface area contributed by atoms with E-state index in [-0.39, 0.29) is 0 Å². The SMILES string of the molecule is CNC/C=C/COc1ccccc1. The van der Waals surface area contributed by atoms with Gasteiger partial charge in [-0.1, -0.05) is 30.4 Å². The van der Waals surface area contributed by atoms with Gasteiger partial charge in [-0.3, -0.25) is 0 Å². The minimum atomic E-state index is 0.631. The molecular formula is C11H15NO. The first-order valence-corrected chi connectivity index (χ1v) is 4.41. The van der Waals surface area contributed by atoms with E-state index in [2.05, 4.69) is 5.32 Å². The lowest BCUT2D eigenvalue weighted by Gasteiger charge is -2.01. The zero-order valence-electron chi connectivity index (χ0n) is 7.86. The quantitative estimate of drug-likeness (QED) is 0.693. The molecule has 0 aliphatic rings. The summed E-state index contributed by atoms with van der Waals surface area (Å²) in [4.78, 5) is 0. The standard InChI is InChI=1S/C11H15NO/c1-12-9-5-6-10-13-11-7-3-2-4-8-11/h2-8,12H,9-10H2,1H3/b6-5+. The average Bonchev–Trinajstić information content (AvgIpc) is 2.19. The average molecular weight is 177 g/mol. The molecule has 0 bridgehead atoms. The Morgan fingerprint density at radius 1 is 1.23 bits per heavy atom. The summed E-state index contributed by atoms with van der Waals surface area (Å²) in [5.41, 5.74) is 0. The second kappa shape index (κ2) is 6.26. The van der Waals surface area contributed by atoms with E-state index < -0.39 is 0 Å². The highest BCUT2D eigenvalue weighted by Crippen LogP contribution is 2.07. The van der Waals surface area contributed by atoms with Crippen molar-refractivity contribution < 1.29 is 4.74 Å². The van der Waals surface area contributed by atoms with E-state index in [9.17, 15) is 0 Å². The van der Waals surface area contributed by atoms with Gasteiger partial charge in [0.1, 0.15) is 12.4 Å². The molecule has 13 heavy (non-hydrogen) atoms. The van der Waals surface area contributed by atoms with Crippen LogP contribution in [0, 0.1) is 0 Å². The summed E-state index contributed by atoms with van der Waals surface area (Å²) in [7, 11) is 1.92. The van der Waals surface area contributed by atoms with Crippen LogP contribution in [0.1, 0.15) is 0 Å². The highest BCUT2D eigenvalue weighted by atomic mass is 16.5. The van der Waals surface area contributed by atoms with Crippen molar-refractivity contribution in [3.63, 3.8) is 0 Å². The molecular weight excluding hydrogens is 162 g/mol. The normalized spacial score (nSPS) is 10.5. The van der Waals surface area contributed by atoms with Crippen LogP contribution in [0.5, 0.6) is 5.75 Å². The zero-order valence-corrected chi connectivity index (χ0v) is 7.86. The van der Waals surface area contributed by atoms with E-state index >= 15 is 0 Å². The number of rotatable bonds is 5. The van der Waals surface area contributed by atoms with Crippen LogP contribution in [0.25, 0.3) is 0 Å². The minimum absolute atomic E-state index is 0.631. The summed E-state index contributed by atoms with van der Waals surface area (Å²) in [5.74, 6) is 0.914. The number of ether oxygens (including phenoxy) is 1. The predicted molar refractivity (Wildman–Crippen MR) is 55.0 cm³/mol. The Morgan fingerprint density at radius 3 is 2.69 bits per heavy atom. The third-order valence-electron chi connectivity index (χ3n) is 1.58. The molecule has 1 rings (SSSR count). The number of hydrogen-bond acceptors (Lipinski definition) is 2. The van der Waals surface area contributed by atoms with E-state index in [4.69, 9.17) is 4.74 Å². The molecule has 0 atom stereocenters. The molecule has 0 unspecified atom stereocenters. The van der Waals surface area contributed by atoms with E-state index in [1.807, 2.05) is 49.5 Å². The Morgan fingerprint density at radius 2 is 2.00 bits per heavy atom. The minimum Gasteiger partial charge on any atom is -0.490 e. The van der Waals surface area contributed by atoms with Crippen molar-refractivity contribution in [2.24, 2.45) is 0 Å². The molecule has 1 N–H and O–H groups in total. The lowest BCUT2D eigenvalue weighted by molar-refractivity contribution is 0.362. The smallest absolute Gasteiger partial charge is 0.119 e. The molecule has 0 spiro atoms. The van der Waals surface area contributed by atoms with Crippen molar-refractivity contribution in [2.75, 3.05) is 20.2 Å². The first-order valence-electron chi connectivity index (χ1n) is 4.41. The second-order valence-electron chi connectivity index (χ2n) is 2.65. The second-order valence-corrected chi connectivity index (χ2v) is 2.65. The van der Waals surface area contributed by atoms with Gasteiger partial charge in [0.25, 0.3) is 0 Å². The predicted octanol–water partition coefficient (Wildman–Crippen LogP) is 1.84. The van der Waals surface area contributed by atoms with Crippen molar-refractivity contribution in [1.29, 1.82) is 0 Å². The van der Waals surface area contributed by atoms with Gasteiger partial charge in [0, 0.05) is 6.54 Å². The summed E-state index contributed by atoms with van der Waals surface area (Å²) >= 11 is 0. The number of hydrogen-bond donors (Lipinski definition) is 1. The fourth-order valence-corrected chi connectivity index (χ4v) is 0.930. The third-order valence-corrected chi connectivity index (χ3v) is 1.58. The maximum absolute atomic E-state index is 5.44. The molecule has 0 saturated carbocycles. The molecule has 2 nitrogen and oxygen atoms in total. The van der Waals surface area contributed by atoms with Crippen LogP contribution in [0.4, 0.5) is 0 Å². The van der Waals surface area contributed by atoms with Crippen molar-refractivity contribution in [1.82, 2.24) is 5.32 Å². The molecule has 0 heterocycles. The van der Waals surface area contributed by atoms with Crippen molar-refractivity contribution in [3.8, 4) is 5.75 Å². The molecule has 0 saturated heterocycles. The Hall–Kier alpha value is -1.28.